The lowest BCUT2D eigenvalue weighted by Crippen LogP contribution is -2.65. The first-order valence-corrected chi connectivity index (χ1v) is 10.9. The Kier molecular flexibility index (Phi) is 3.78. The van der Waals surface area contributed by atoms with Crippen molar-refractivity contribution in [3.05, 3.63) is 11.6 Å². The molecular formula is C23H30O7. The van der Waals surface area contributed by atoms with E-state index in [0.717, 1.165) is 6.42 Å². The summed E-state index contributed by atoms with van der Waals surface area (Å²) < 4.78 is 17.2. The molecule has 1 saturated heterocycles. The van der Waals surface area contributed by atoms with Crippen molar-refractivity contribution < 1.29 is 33.7 Å². The van der Waals surface area contributed by atoms with Crippen molar-refractivity contribution in [2.75, 3.05) is 0 Å². The van der Waals surface area contributed by atoms with E-state index < -0.39 is 53.3 Å². The zero-order chi connectivity index (χ0) is 22.0. The lowest BCUT2D eigenvalue weighted by molar-refractivity contribution is -0.181. The Balaban J connectivity index is 1.79. The molecule has 0 aromatic carbocycles. The molecule has 30 heavy (non-hydrogen) atoms. The first-order chi connectivity index (χ1) is 13.9. The molecule has 0 amide bonds. The summed E-state index contributed by atoms with van der Waals surface area (Å²) in [7, 11) is 0. The molecule has 10 atom stereocenters. The normalized spacial score (nSPS) is 52.6. The summed E-state index contributed by atoms with van der Waals surface area (Å²) in [6, 6.07) is 0. The van der Waals surface area contributed by atoms with Gasteiger partial charge in [0.15, 0.2) is 18.0 Å². The van der Waals surface area contributed by atoms with Gasteiger partial charge in [0.2, 0.25) is 5.60 Å². The molecule has 1 N–H and O–H groups in total. The highest BCUT2D eigenvalue weighted by Gasteiger charge is 2.83. The highest BCUT2D eigenvalue weighted by molar-refractivity contribution is 5.95. The number of ether oxygens (including phenoxy) is 3. The van der Waals surface area contributed by atoms with Crippen LogP contribution in [0.4, 0.5) is 4.79 Å². The van der Waals surface area contributed by atoms with Crippen molar-refractivity contribution in [3.63, 3.8) is 0 Å². The minimum atomic E-state index is -1.49. The van der Waals surface area contributed by atoms with Gasteiger partial charge in [-0.15, -0.1) is 0 Å². The largest absolute Gasteiger partial charge is 0.509 e. The third-order valence-electron chi connectivity index (χ3n) is 9.09. The number of hydrogen-bond acceptors (Lipinski definition) is 7. The molecule has 7 heteroatoms. The number of carbonyl (C=O) groups excluding carboxylic acids is 3. The molecule has 0 aromatic heterocycles. The SMILES string of the molecule is CC(=O)O[C@H]1C(C)=C[C@]23C(=O)[C@@H]([C@H](O)[C@H](C)[C@H]4OC(=O)O[C@@]412)[C@H]1[C@@H](C[C@H]3C)C1(C)C. The van der Waals surface area contributed by atoms with E-state index in [-0.39, 0.29) is 23.0 Å². The number of aliphatic hydroxyl groups excluding tert-OH is 1. The zero-order valence-electron chi connectivity index (χ0n) is 18.3. The van der Waals surface area contributed by atoms with Crippen LogP contribution in [0.1, 0.15) is 48.0 Å². The second kappa shape index (κ2) is 5.67. The number of ketones is 1. The molecule has 7 nitrogen and oxygen atoms in total. The number of fused-ring (bicyclic) bond motifs is 3. The predicted molar refractivity (Wildman–Crippen MR) is 104 cm³/mol. The van der Waals surface area contributed by atoms with Gasteiger partial charge >= 0.3 is 12.1 Å². The van der Waals surface area contributed by atoms with Crippen LogP contribution in [-0.4, -0.2) is 46.9 Å². The Bertz CT molecular complexity index is 890. The van der Waals surface area contributed by atoms with E-state index >= 15 is 0 Å². The number of esters is 1. The monoisotopic (exact) mass is 418 g/mol. The number of Topliss-reactive ketones (excluding diaryl/α,β-unsaturated/α-hetero) is 1. The van der Waals surface area contributed by atoms with Gasteiger partial charge in [0.05, 0.1) is 11.5 Å². The minimum absolute atomic E-state index is 0.0340. The maximum atomic E-state index is 14.4. The van der Waals surface area contributed by atoms with E-state index in [2.05, 4.69) is 13.8 Å². The third-order valence-corrected chi connectivity index (χ3v) is 9.09. The Morgan fingerprint density at radius 3 is 2.57 bits per heavy atom. The van der Waals surface area contributed by atoms with Crippen molar-refractivity contribution in [1.29, 1.82) is 0 Å². The summed E-state index contributed by atoms with van der Waals surface area (Å²) in [5.41, 5.74) is -2.04. The van der Waals surface area contributed by atoms with Gasteiger partial charge in [0, 0.05) is 18.8 Å². The molecule has 2 spiro atoms. The summed E-state index contributed by atoms with van der Waals surface area (Å²) in [6.45, 7) is 11.2. The quantitative estimate of drug-likeness (QED) is 0.516. The van der Waals surface area contributed by atoms with Crippen LogP contribution in [0.3, 0.4) is 0 Å². The van der Waals surface area contributed by atoms with Crippen molar-refractivity contribution in [2.24, 2.45) is 40.4 Å². The molecule has 5 aliphatic rings. The van der Waals surface area contributed by atoms with Crippen LogP contribution in [0, 0.1) is 40.4 Å². The average Bonchev–Trinajstić information content (AvgIpc) is 2.94. The third kappa shape index (κ3) is 1.98. The van der Waals surface area contributed by atoms with Crippen molar-refractivity contribution in [2.45, 2.75) is 71.9 Å². The lowest BCUT2D eigenvalue weighted by Gasteiger charge is -2.47. The van der Waals surface area contributed by atoms with Gasteiger partial charge in [0.25, 0.3) is 0 Å². The van der Waals surface area contributed by atoms with Crippen LogP contribution in [0.25, 0.3) is 0 Å². The topological polar surface area (TPSA) is 99.1 Å². The summed E-state index contributed by atoms with van der Waals surface area (Å²) in [5.74, 6) is -1.56. The maximum Gasteiger partial charge on any atom is 0.509 e. The summed E-state index contributed by atoms with van der Waals surface area (Å²) in [4.78, 5) is 38.9. The van der Waals surface area contributed by atoms with E-state index in [4.69, 9.17) is 14.2 Å². The highest BCUT2D eigenvalue weighted by atomic mass is 16.8. The van der Waals surface area contributed by atoms with Crippen LogP contribution >= 0.6 is 0 Å². The average molecular weight is 418 g/mol. The fourth-order valence-corrected chi connectivity index (χ4v) is 7.74. The second-order valence-electron chi connectivity index (χ2n) is 10.8. The highest BCUT2D eigenvalue weighted by Crippen LogP contribution is 2.73. The van der Waals surface area contributed by atoms with E-state index in [1.807, 2.05) is 13.0 Å². The van der Waals surface area contributed by atoms with E-state index in [0.29, 0.717) is 11.5 Å². The van der Waals surface area contributed by atoms with Crippen LogP contribution in [0.15, 0.2) is 11.6 Å². The zero-order valence-corrected chi connectivity index (χ0v) is 18.3. The van der Waals surface area contributed by atoms with Crippen LogP contribution in [0.5, 0.6) is 0 Å². The molecule has 0 radical (unpaired) electrons. The number of carbonyl (C=O) groups is 3. The Morgan fingerprint density at radius 1 is 1.27 bits per heavy atom. The van der Waals surface area contributed by atoms with Crippen molar-refractivity contribution >= 4 is 17.9 Å². The predicted octanol–water partition coefficient (Wildman–Crippen LogP) is 2.65. The molecular weight excluding hydrogens is 388 g/mol. The van der Waals surface area contributed by atoms with Gasteiger partial charge < -0.3 is 19.3 Å². The smallest absolute Gasteiger partial charge is 0.454 e. The second-order valence-corrected chi connectivity index (χ2v) is 10.8. The van der Waals surface area contributed by atoms with Gasteiger partial charge in [-0.3, -0.25) is 9.59 Å². The summed E-state index contributed by atoms with van der Waals surface area (Å²) in [5, 5.41) is 11.4. The van der Waals surface area contributed by atoms with Gasteiger partial charge in [0.1, 0.15) is 0 Å². The number of hydrogen-bond donors (Lipinski definition) is 1. The molecule has 2 bridgehead atoms. The molecule has 4 fully saturated rings. The lowest BCUT2D eigenvalue weighted by atomic mass is 9.59. The minimum Gasteiger partial charge on any atom is -0.454 e. The molecule has 1 aliphatic heterocycles. The van der Waals surface area contributed by atoms with E-state index in [1.165, 1.54) is 6.92 Å². The Labute approximate surface area is 176 Å². The van der Waals surface area contributed by atoms with E-state index in [1.54, 1.807) is 13.8 Å². The fourth-order valence-electron chi connectivity index (χ4n) is 7.74. The standard InChI is InChI=1S/C23H30O7/c1-9-8-22-10(2)7-13-15(21(13,5)6)14(17(22)26)16(25)11(3)19-23(22,30-20(27)29-19)18(9)28-12(4)24/h8,10-11,13-16,18-19,25H,7H2,1-6H3/t10-,11+,13-,14-,15-,16-,18+,19-,22+,23-/m1/s1. The van der Waals surface area contributed by atoms with Crippen LogP contribution < -0.4 is 0 Å². The molecule has 0 aromatic rings. The van der Waals surface area contributed by atoms with E-state index in [9.17, 15) is 19.5 Å². The summed E-state index contributed by atoms with van der Waals surface area (Å²) in [6.07, 6.45) is -1.04. The van der Waals surface area contributed by atoms with Crippen molar-refractivity contribution in [1.82, 2.24) is 0 Å². The Hall–Kier alpha value is -1.89. The van der Waals surface area contributed by atoms with Crippen molar-refractivity contribution in [3.8, 4) is 0 Å². The molecule has 164 valence electrons. The molecule has 3 saturated carbocycles. The molecule has 4 aliphatic carbocycles. The maximum absolute atomic E-state index is 14.4. The Morgan fingerprint density at radius 2 is 1.93 bits per heavy atom. The first-order valence-electron chi connectivity index (χ1n) is 10.9. The van der Waals surface area contributed by atoms with Gasteiger partial charge in [-0.25, -0.2) is 4.79 Å². The first kappa shape index (κ1) is 20.0. The van der Waals surface area contributed by atoms with Gasteiger partial charge in [-0.2, -0.15) is 0 Å². The molecule has 5 rings (SSSR count). The van der Waals surface area contributed by atoms with Crippen LogP contribution in [-0.2, 0) is 23.8 Å². The van der Waals surface area contributed by atoms with Gasteiger partial charge in [-0.05, 0) is 42.1 Å². The van der Waals surface area contributed by atoms with Gasteiger partial charge in [-0.1, -0.05) is 33.8 Å². The summed E-state index contributed by atoms with van der Waals surface area (Å²) >= 11 is 0. The molecule has 1 heterocycles. The van der Waals surface area contributed by atoms with Crippen LogP contribution in [0.2, 0.25) is 0 Å². The number of rotatable bonds is 1. The number of aliphatic hydroxyl groups is 1. The molecule has 0 unspecified atom stereocenters. The fraction of sp³-hybridized carbons (Fsp3) is 0.783.